The minimum absolute atomic E-state index is 0.0659. The van der Waals surface area contributed by atoms with Crippen molar-refractivity contribution in [1.82, 2.24) is 4.31 Å². The Balaban J connectivity index is 1.54. The van der Waals surface area contributed by atoms with Gasteiger partial charge in [-0.05, 0) is 73.0 Å². The summed E-state index contributed by atoms with van der Waals surface area (Å²) in [5, 5.41) is 2.87. The van der Waals surface area contributed by atoms with Crippen molar-refractivity contribution >= 4 is 21.6 Å². The Morgan fingerprint density at radius 2 is 1.67 bits per heavy atom. The third kappa shape index (κ3) is 4.13. The van der Waals surface area contributed by atoms with Gasteiger partial charge in [-0.25, -0.2) is 12.8 Å². The fourth-order valence-corrected chi connectivity index (χ4v) is 4.90. The van der Waals surface area contributed by atoms with E-state index >= 15 is 0 Å². The maximum atomic E-state index is 13.2. The van der Waals surface area contributed by atoms with E-state index in [0.717, 1.165) is 28.8 Å². The van der Waals surface area contributed by atoms with Crippen molar-refractivity contribution < 1.29 is 17.6 Å². The molecule has 0 unspecified atom stereocenters. The molecular weight excluding hydrogens is 403 g/mol. The van der Waals surface area contributed by atoms with Crippen LogP contribution >= 0.6 is 0 Å². The second-order valence-corrected chi connectivity index (χ2v) is 9.28. The topological polar surface area (TPSA) is 66.5 Å². The van der Waals surface area contributed by atoms with Crippen molar-refractivity contribution in [3.63, 3.8) is 0 Å². The summed E-state index contributed by atoms with van der Waals surface area (Å²) in [7, 11) is -3.73. The van der Waals surface area contributed by atoms with E-state index in [1.165, 1.54) is 16.4 Å². The fraction of sp³-hybridized carbons (Fsp3) is 0.174. The van der Waals surface area contributed by atoms with Gasteiger partial charge in [0.25, 0.3) is 5.91 Å². The first-order valence-corrected chi connectivity index (χ1v) is 11.0. The van der Waals surface area contributed by atoms with Crippen molar-refractivity contribution in [2.75, 3.05) is 11.9 Å². The molecule has 1 heterocycles. The molecule has 0 bridgehead atoms. The predicted octanol–water partition coefficient (Wildman–Crippen LogP) is 4.13. The van der Waals surface area contributed by atoms with Gasteiger partial charge in [0, 0.05) is 24.3 Å². The van der Waals surface area contributed by atoms with Crippen molar-refractivity contribution in [1.29, 1.82) is 0 Å². The third-order valence-corrected chi connectivity index (χ3v) is 7.07. The fourth-order valence-electron chi connectivity index (χ4n) is 3.48. The van der Waals surface area contributed by atoms with E-state index in [9.17, 15) is 17.6 Å². The van der Waals surface area contributed by atoms with E-state index in [1.54, 1.807) is 12.1 Å². The molecule has 0 aliphatic carbocycles. The number of benzene rings is 3. The second-order valence-electron chi connectivity index (χ2n) is 7.35. The quantitative estimate of drug-likeness (QED) is 0.685. The van der Waals surface area contributed by atoms with E-state index in [1.807, 2.05) is 37.3 Å². The molecule has 0 saturated carbocycles. The zero-order chi connectivity index (χ0) is 21.3. The largest absolute Gasteiger partial charge is 0.322 e. The first-order chi connectivity index (χ1) is 14.3. The third-order valence-electron chi connectivity index (χ3n) is 5.21. The van der Waals surface area contributed by atoms with Crippen LogP contribution in [0.1, 0.15) is 27.0 Å². The highest BCUT2D eigenvalue weighted by Crippen LogP contribution is 2.27. The van der Waals surface area contributed by atoms with E-state index in [0.29, 0.717) is 24.2 Å². The highest BCUT2D eigenvalue weighted by atomic mass is 32.2. The molecule has 5 nitrogen and oxygen atoms in total. The smallest absolute Gasteiger partial charge is 0.255 e. The Morgan fingerprint density at radius 3 is 2.37 bits per heavy atom. The van der Waals surface area contributed by atoms with Gasteiger partial charge >= 0.3 is 0 Å². The summed E-state index contributed by atoms with van der Waals surface area (Å²) < 4.78 is 40.4. The van der Waals surface area contributed by atoms with Gasteiger partial charge in [-0.3, -0.25) is 4.79 Å². The van der Waals surface area contributed by atoms with Crippen molar-refractivity contribution in [3.8, 4) is 0 Å². The molecule has 0 atom stereocenters. The van der Waals surface area contributed by atoms with Crippen LogP contribution < -0.4 is 5.32 Å². The SMILES string of the molecule is Cc1ccc(C(=O)Nc2ccc3c(c2)CN(S(=O)(=O)c2ccc(F)cc2)CC3)cc1. The highest BCUT2D eigenvalue weighted by Gasteiger charge is 2.28. The molecule has 0 aromatic heterocycles. The van der Waals surface area contributed by atoms with Gasteiger partial charge < -0.3 is 5.32 Å². The lowest BCUT2D eigenvalue weighted by Crippen LogP contribution is -2.36. The second kappa shape index (κ2) is 8.01. The monoisotopic (exact) mass is 424 g/mol. The molecule has 1 N–H and O–H groups in total. The summed E-state index contributed by atoms with van der Waals surface area (Å²) >= 11 is 0. The first-order valence-electron chi connectivity index (χ1n) is 9.58. The van der Waals surface area contributed by atoms with Crippen LogP contribution in [0.4, 0.5) is 10.1 Å². The van der Waals surface area contributed by atoms with Crippen LogP contribution in [-0.4, -0.2) is 25.2 Å². The molecule has 1 aliphatic heterocycles. The Kier molecular flexibility index (Phi) is 5.40. The molecule has 0 radical (unpaired) electrons. The van der Waals surface area contributed by atoms with Crippen LogP contribution in [-0.2, 0) is 23.0 Å². The number of anilines is 1. The average molecular weight is 424 g/mol. The average Bonchev–Trinajstić information content (AvgIpc) is 2.74. The van der Waals surface area contributed by atoms with E-state index in [2.05, 4.69) is 5.32 Å². The molecule has 0 fully saturated rings. The van der Waals surface area contributed by atoms with E-state index in [4.69, 9.17) is 0 Å². The van der Waals surface area contributed by atoms with Gasteiger partial charge in [0.05, 0.1) is 4.90 Å². The van der Waals surface area contributed by atoms with Gasteiger partial charge in [-0.2, -0.15) is 4.31 Å². The van der Waals surface area contributed by atoms with E-state index < -0.39 is 15.8 Å². The number of rotatable bonds is 4. The minimum atomic E-state index is -3.73. The molecule has 4 rings (SSSR count). The number of nitrogens with zero attached hydrogens (tertiary/aromatic N) is 1. The first kappa shape index (κ1) is 20.3. The lowest BCUT2D eigenvalue weighted by atomic mass is 10.0. The van der Waals surface area contributed by atoms with Crippen LogP contribution in [0.15, 0.2) is 71.6 Å². The standard InChI is InChI=1S/C23H21FN2O3S/c1-16-2-4-18(5-3-16)23(27)25-21-9-6-17-12-13-26(15-19(17)14-21)30(28,29)22-10-7-20(24)8-11-22/h2-11,14H,12-13,15H2,1H3,(H,25,27). The molecule has 154 valence electrons. The Labute approximate surface area is 175 Å². The summed E-state index contributed by atoms with van der Waals surface area (Å²) in [6.07, 6.45) is 0.571. The summed E-state index contributed by atoms with van der Waals surface area (Å²) in [6.45, 7) is 2.50. The molecule has 7 heteroatoms. The number of carbonyl (C=O) groups excluding carboxylic acids is 1. The number of hydrogen-bond donors (Lipinski definition) is 1. The summed E-state index contributed by atoms with van der Waals surface area (Å²) in [6, 6.07) is 17.7. The van der Waals surface area contributed by atoms with Crippen molar-refractivity contribution in [3.05, 3.63) is 94.8 Å². The van der Waals surface area contributed by atoms with Gasteiger partial charge in [0.1, 0.15) is 5.82 Å². The molecule has 30 heavy (non-hydrogen) atoms. The number of amides is 1. The number of sulfonamides is 1. The molecule has 3 aromatic carbocycles. The van der Waals surface area contributed by atoms with Crippen LogP contribution in [0, 0.1) is 12.7 Å². The maximum absolute atomic E-state index is 13.2. The zero-order valence-corrected chi connectivity index (χ0v) is 17.2. The van der Waals surface area contributed by atoms with Crippen molar-refractivity contribution in [2.45, 2.75) is 24.8 Å². The molecule has 0 saturated heterocycles. The molecular formula is C23H21FN2O3S. The normalized spacial score (nSPS) is 14.2. The number of aryl methyl sites for hydroxylation is 1. The number of hydrogen-bond acceptors (Lipinski definition) is 3. The lowest BCUT2D eigenvalue weighted by molar-refractivity contribution is 0.102. The van der Waals surface area contributed by atoms with Crippen LogP contribution in [0.5, 0.6) is 0 Å². The maximum Gasteiger partial charge on any atom is 0.255 e. The van der Waals surface area contributed by atoms with Crippen LogP contribution in [0.25, 0.3) is 0 Å². The molecule has 0 spiro atoms. The Hall–Kier alpha value is -3.03. The summed E-state index contributed by atoms with van der Waals surface area (Å²) in [4.78, 5) is 12.5. The number of halogens is 1. The van der Waals surface area contributed by atoms with Gasteiger partial charge in [-0.1, -0.05) is 23.8 Å². The number of fused-ring (bicyclic) bond motifs is 1. The predicted molar refractivity (Wildman–Crippen MR) is 113 cm³/mol. The zero-order valence-electron chi connectivity index (χ0n) is 16.4. The van der Waals surface area contributed by atoms with E-state index in [-0.39, 0.29) is 17.3 Å². The summed E-state index contributed by atoms with van der Waals surface area (Å²) in [5.74, 6) is -0.701. The molecule has 1 aliphatic rings. The van der Waals surface area contributed by atoms with Gasteiger partial charge in [0.15, 0.2) is 0 Å². The molecule has 1 amide bonds. The Bertz CT molecular complexity index is 1190. The Morgan fingerprint density at radius 1 is 0.967 bits per heavy atom. The molecule has 3 aromatic rings. The van der Waals surface area contributed by atoms with Gasteiger partial charge in [0.2, 0.25) is 10.0 Å². The van der Waals surface area contributed by atoms with Gasteiger partial charge in [-0.15, -0.1) is 0 Å². The van der Waals surface area contributed by atoms with Crippen molar-refractivity contribution in [2.24, 2.45) is 0 Å². The summed E-state index contributed by atoms with van der Waals surface area (Å²) in [5.41, 5.74) is 4.13. The lowest BCUT2D eigenvalue weighted by Gasteiger charge is -2.28. The number of nitrogens with one attached hydrogen (secondary N) is 1. The highest BCUT2D eigenvalue weighted by molar-refractivity contribution is 7.89. The minimum Gasteiger partial charge on any atom is -0.322 e. The number of carbonyl (C=O) groups is 1. The van der Waals surface area contributed by atoms with Crippen LogP contribution in [0.3, 0.4) is 0 Å². The van der Waals surface area contributed by atoms with Crippen LogP contribution in [0.2, 0.25) is 0 Å².